The maximum atomic E-state index is 12.8. The number of piperidine rings is 1. The lowest BCUT2D eigenvalue weighted by Crippen LogP contribution is -2.51. The van der Waals surface area contributed by atoms with Crippen LogP contribution in [0.25, 0.3) is 0 Å². The fourth-order valence-electron chi connectivity index (χ4n) is 3.04. The van der Waals surface area contributed by atoms with Gasteiger partial charge in [-0.25, -0.2) is 13.1 Å². The number of hydrogen-bond donors (Lipinski definition) is 2. The van der Waals surface area contributed by atoms with Crippen LogP contribution in [0.3, 0.4) is 0 Å². The number of halogens is 1. The minimum absolute atomic E-state index is 0.00560. The Balaban J connectivity index is 1.92. The number of amides is 1. The Morgan fingerprint density at radius 3 is 2.56 bits per heavy atom. The molecular weight excluding hydrogens is 410 g/mol. The number of hydrogen-bond acceptors (Lipinski definition) is 6. The van der Waals surface area contributed by atoms with Crippen LogP contribution in [0.1, 0.15) is 36.4 Å². The summed E-state index contributed by atoms with van der Waals surface area (Å²) in [6, 6.07) is 3.62. The van der Waals surface area contributed by atoms with Gasteiger partial charge in [-0.1, -0.05) is 11.6 Å². The fourth-order valence-corrected chi connectivity index (χ4v) is 5.51. The van der Waals surface area contributed by atoms with Gasteiger partial charge in [0.25, 0.3) is 5.91 Å². The molecule has 2 heterocycles. The molecule has 1 aliphatic rings. The summed E-state index contributed by atoms with van der Waals surface area (Å²) in [4.78, 5) is 14.9. The molecule has 0 aliphatic carbocycles. The molecule has 1 unspecified atom stereocenters. The van der Waals surface area contributed by atoms with Crippen LogP contribution in [0, 0.1) is 0 Å². The Hall–Kier alpha value is -0.710. The van der Waals surface area contributed by atoms with E-state index in [2.05, 4.69) is 28.8 Å². The molecular formula is C17H28ClN3O4S2. The van der Waals surface area contributed by atoms with E-state index in [1.807, 2.05) is 0 Å². The first-order chi connectivity index (χ1) is 12.7. The SMILES string of the molecule is COCC(CNC(=O)c1ccc(Cl)s1)S(=O)(=O)NC1CCN(C(C)C)CC1. The van der Waals surface area contributed by atoms with Crippen molar-refractivity contribution in [2.45, 2.75) is 44.0 Å². The monoisotopic (exact) mass is 437 g/mol. The molecule has 1 aromatic heterocycles. The zero-order valence-electron chi connectivity index (χ0n) is 15.9. The molecule has 1 saturated heterocycles. The van der Waals surface area contributed by atoms with E-state index in [1.54, 1.807) is 12.1 Å². The summed E-state index contributed by atoms with van der Waals surface area (Å²) < 4.78 is 34.0. The first kappa shape index (κ1) is 22.6. The standard InChI is InChI=1S/C17H28ClN3O4S2/c1-12(2)21-8-6-13(7-9-21)20-27(23,24)14(11-25-3)10-19-17(22)15-4-5-16(18)26-15/h4-5,12-14,20H,6-11H2,1-3H3,(H,19,22). The summed E-state index contributed by atoms with van der Waals surface area (Å²) >= 11 is 6.99. The highest BCUT2D eigenvalue weighted by molar-refractivity contribution is 7.90. The summed E-state index contributed by atoms with van der Waals surface area (Å²) in [6.45, 7) is 6.00. The topological polar surface area (TPSA) is 87.7 Å². The Kier molecular flexibility index (Phi) is 8.51. The molecule has 0 saturated carbocycles. The number of carbonyl (C=O) groups is 1. The van der Waals surface area contributed by atoms with Crippen molar-refractivity contribution in [1.82, 2.24) is 14.9 Å². The first-order valence-corrected chi connectivity index (χ1v) is 11.7. The van der Waals surface area contributed by atoms with Crippen molar-refractivity contribution >= 4 is 38.9 Å². The van der Waals surface area contributed by atoms with Crippen molar-refractivity contribution in [2.24, 2.45) is 0 Å². The van der Waals surface area contributed by atoms with Gasteiger partial charge in [-0.2, -0.15) is 0 Å². The van der Waals surface area contributed by atoms with Crippen LogP contribution in [-0.4, -0.2) is 69.9 Å². The molecule has 1 atom stereocenters. The maximum absolute atomic E-state index is 12.8. The van der Waals surface area contributed by atoms with Gasteiger partial charge >= 0.3 is 0 Å². The molecule has 2 rings (SSSR count). The smallest absolute Gasteiger partial charge is 0.261 e. The van der Waals surface area contributed by atoms with Gasteiger partial charge in [0.2, 0.25) is 10.0 Å². The summed E-state index contributed by atoms with van der Waals surface area (Å²) in [5, 5.41) is 1.81. The second-order valence-corrected chi connectivity index (χ2v) is 10.7. The number of carbonyl (C=O) groups excluding carboxylic acids is 1. The number of nitrogens with zero attached hydrogens (tertiary/aromatic N) is 1. The summed E-state index contributed by atoms with van der Waals surface area (Å²) in [5.41, 5.74) is 0. The third-order valence-electron chi connectivity index (χ3n) is 4.67. The Bertz CT molecular complexity index is 716. The van der Waals surface area contributed by atoms with Crippen molar-refractivity contribution in [3.63, 3.8) is 0 Å². The normalized spacial score (nSPS) is 18.0. The molecule has 0 aromatic carbocycles. The largest absolute Gasteiger partial charge is 0.383 e. The molecule has 154 valence electrons. The Labute approximate surface area is 170 Å². The number of sulfonamides is 1. The fraction of sp³-hybridized carbons (Fsp3) is 0.706. The maximum Gasteiger partial charge on any atom is 0.261 e. The van der Waals surface area contributed by atoms with Crippen molar-refractivity contribution in [1.29, 1.82) is 0 Å². The molecule has 1 aliphatic heterocycles. The predicted molar refractivity (Wildman–Crippen MR) is 109 cm³/mol. The lowest BCUT2D eigenvalue weighted by atomic mass is 10.1. The molecule has 0 bridgehead atoms. The molecule has 7 nitrogen and oxygen atoms in total. The van der Waals surface area contributed by atoms with Gasteiger partial charge < -0.3 is 15.0 Å². The average Bonchev–Trinajstić information content (AvgIpc) is 3.05. The zero-order valence-corrected chi connectivity index (χ0v) is 18.3. The molecule has 1 aromatic rings. The Morgan fingerprint density at radius 2 is 2.04 bits per heavy atom. The van der Waals surface area contributed by atoms with Crippen LogP contribution in [0.4, 0.5) is 0 Å². The Morgan fingerprint density at radius 1 is 1.37 bits per heavy atom. The number of likely N-dealkylation sites (tertiary alicyclic amines) is 1. The van der Waals surface area contributed by atoms with E-state index < -0.39 is 15.3 Å². The zero-order chi connectivity index (χ0) is 20.0. The predicted octanol–water partition coefficient (Wildman–Crippen LogP) is 1.94. The summed E-state index contributed by atoms with van der Waals surface area (Å²) in [6.07, 6.45) is 1.55. The van der Waals surface area contributed by atoms with Crippen LogP contribution in [0.5, 0.6) is 0 Å². The number of nitrogens with one attached hydrogen (secondary N) is 2. The second-order valence-electron chi connectivity index (χ2n) is 6.96. The van der Waals surface area contributed by atoms with Crippen LogP contribution in [0.2, 0.25) is 4.34 Å². The first-order valence-electron chi connectivity index (χ1n) is 9.00. The van der Waals surface area contributed by atoms with E-state index in [1.165, 1.54) is 7.11 Å². The molecule has 1 amide bonds. The van der Waals surface area contributed by atoms with E-state index in [4.69, 9.17) is 16.3 Å². The highest BCUT2D eigenvalue weighted by atomic mass is 35.5. The third-order valence-corrected chi connectivity index (χ3v) is 7.74. The van der Waals surface area contributed by atoms with Gasteiger partial charge in [0, 0.05) is 25.7 Å². The van der Waals surface area contributed by atoms with E-state index in [-0.39, 0.29) is 25.1 Å². The van der Waals surface area contributed by atoms with Gasteiger partial charge in [0.15, 0.2) is 0 Å². The molecule has 10 heteroatoms. The molecule has 2 N–H and O–H groups in total. The number of thiophene rings is 1. The molecule has 0 spiro atoms. The minimum Gasteiger partial charge on any atom is -0.383 e. The van der Waals surface area contributed by atoms with Crippen molar-refractivity contribution in [2.75, 3.05) is 33.4 Å². The lowest BCUT2D eigenvalue weighted by molar-refractivity contribution is 0.0953. The molecule has 1 fully saturated rings. The van der Waals surface area contributed by atoms with Crippen LogP contribution in [0.15, 0.2) is 12.1 Å². The van der Waals surface area contributed by atoms with Crippen molar-refractivity contribution in [3.05, 3.63) is 21.3 Å². The summed E-state index contributed by atoms with van der Waals surface area (Å²) in [7, 11) is -2.18. The highest BCUT2D eigenvalue weighted by Gasteiger charge is 2.31. The van der Waals surface area contributed by atoms with Crippen LogP contribution < -0.4 is 10.0 Å². The number of methoxy groups -OCH3 is 1. The van der Waals surface area contributed by atoms with Crippen molar-refractivity contribution < 1.29 is 17.9 Å². The lowest BCUT2D eigenvalue weighted by Gasteiger charge is -2.35. The molecule has 0 radical (unpaired) electrons. The van der Waals surface area contributed by atoms with E-state index in [0.717, 1.165) is 37.3 Å². The van der Waals surface area contributed by atoms with E-state index in [9.17, 15) is 13.2 Å². The minimum atomic E-state index is -3.63. The average molecular weight is 438 g/mol. The van der Waals surface area contributed by atoms with E-state index >= 15 is 0 Å². The number of ether oxygens (including phenoxy) is 1. The molecule has 27 heavy (non-hydrogen) atoms. The third kappa shape index (κ3) is 6.69. The van der Waals surface area contributed by atoms with Gasteiger partial charge in [0.05, 0.1) is 15.8 Å². The highest BCUT2D eigenvalue weighted by Crippen LogP contribution is 2.21. The van der Waals surface area contributed by atoms with Gasteiger partial charge in [-0.15, -0.1) is 11.3 Å². The van der Waals surface area contributed by atoms with Crippen LogP contribution in [-0.2, 0) is 14.8 Å². The summed E-state index contributed by atoms with van der Waals surface area (Å²) in [5.74, 6) is -0.339. The number of rotatable bonds is 9. The van der Waals surface area contributed by atoms with E-state index in [0.29, 0.717) is 15.3 Å². The van der Waals surface area contributed by atoms with Gasteiger partial charge in [0.1, 0.15) is 5.25 Å². The second kappa shape index (κ2) is 10.2. The quantitative estimate of drug-likeness (QED) is 0.616. The van der Waals surface area contributed by atoms with Gasteiger partial charge in [-0.3, -0.25) is 4.79 Å². The van der Waals surface area contributed by atoms with Gasteiger partial charge in [-0.05, 0) is 51.9 Å². The van der Waals surface area contributed by atoms with Crippen LogP contribution >= 0.6 is 22.9 Å². The van der Waals surface area contributed by atoms with Crippen molar-refractivity contribution in [3.8, 4) is 0 Å².